The fourth-order valence-corrected chi connectivity index (χ4v) is 3.49. The van der Waals surface area contributed by atoms with Crippen molar-refractivity contribution in [2.45, 2.75) is 41.0 Å². The molecule has 0 amide bonds. The Morgan fingerprint density at radius 3 is 2.29 bits per heavy atom. The van der Waals surface area contributed by atoms with Gasteiger partial charge in [0.1, 0.15) is 5.75 Å². The van der Waals surface area contributed by atoms with Gasteiger partial charge in [-0.25, -0.2) is 4.98 Å². The predicted octanol–water partition coefficient (Wildman–Crippen LogP) is 5.50. The van der Waals surface area contributed by atoms with Gasteiger partial charge >= 0.3 is 0 Å². The summed E-state index contributed by atoms with van der Waals surface area (Å²) in [7, 11) is 0. The standard InChI is InChI=1S/C19H25BrN2O2/c1-6-8-22(7-2)16-11-14(5)21-19(17(16)23)24-18-12(3)9-15(20)10-13(18)4/h9-11,23H,6-8H2,1-5H3. The summed E-state index contributed by atoms with van der Waals surface area (Å²) in [6.07, 6.45) is 1.01. The van der Waals surface area contributed by atoms with Gasteiger partial charge in [-0.15, -0.1) is 0 Å². The Balaban J connectivity index is 2.47. The van der Waals surface area contributed by atoms with Gasteiger partial charge in [-0.05, 0) is 63.4 Å². The van der Waals surface area contributed by atoms with Gasteiger partial charge in [-0.2, -0.15) is 0 Å². The van der Waals surface area contributed by atoms with E-state index in [2.05, 4.69) is 39.7 Å². The number of anilines is 1. The SMILES string of the molecule is CCCN(CC)c1cc(C)nc(Oc2c(C)cc(Br)cc2C)c1O. The maximum atomic E-state index is 10.7. The molecule has 2 rings (SSSR count). The lowest BCUT2D eigenvalue weighted by Gasteiger charge is -2.24. The molecular formula is C19H25BrN2O2. The summed E-state index contributed by atoms with van der Waals surface area (Å²) in [6.45, 7) is 11.8. The monoisotopic (exact) mass is 392 g/mol. The highest BCUT2D eigenvalue weighted by molar-refractivity contribution is 9.10. The van der Waals surface area contributed by atoms with Crippen molar-refractivity contribution in [3.05, 3.63) is 39.5 Å². The van der Waals surface area contributed by atoms with Crippen molar-refractivity contribution >= 4 is 21.6 Å². The number of halogens is 1. The molecule has 2 aromatic rings. The van der Waals surface area contributed by atoms with Crippen LogP contribution in [-0.2, 0) is 0 Å². The molecule has 0 aliphatic heterocycles. The van der Waals surface area contributed by atoms with E-state index in [-0.39, 0.29) is 11.6 Å². The second kappa shape index (κ2) is 7.88. The summed E-state index contributed by atoms with van der Waals surface area (Å²) >= 11 is 3.49. The van der Waals surface area contributed by atoms with Crippen molar-refractivity contribution in [3.8, 4) is 17.4 Å². The molecule has 0 atom stereocenters. The Kier molecular flexibility index (Phi) is 6.10. The summed E-state index contributed by atoms with van der Waals surface area (Å²) in [5.74, 6) is 1.08. The fraction of sp³-hybridized carbons (Fsp3) is 0.421. The highest BCUT2D eigenvalue weighted by Gasteiger charge is 2.18. The maximum Gasteiger partial charge on any atom is 0.264 e. The molecule has 0 spiro atoms. The van der Waals surface area contributed by atoms with Crippen molar-refractivity contribution < 1.29 is 9.84 Å². The van der Waals surface area contributed by atoms with Crippen molar-refractivity contribution in [3.63, 3.8) is 0 Å². The van der Waals surface area contributed by atoms with Crippen molar-refractivity contribution in [1.82, 2.24) is 4.98 Å². The summed E-state index contributed by atoms with van der Waals surface area (Å²) in [5.41, 5.74) is 3.58. The van der Waals surface area contributed by atoms with Crippen molar-refractivity contribution in [2.75, 3.05) is 18.0 Å². The first-order valence-corrected chi connectivity index (χ1v) is 9.06. The molecule has 1 aromatic heterocycles. The lowest BCUT2D eigenvalue weighted by molar-refractivity contribution is 0.393. The van der Waals surface area contributed by atoms with Crippen LogP contribution in [-0.4, -0.2) is 23.2 Å². The molecule has 0 fully saturated rings. The van der Waals surface area contributed by atoms with E-state index in [1.807, 2.05) is 39.0 Å². The molecule has 24 heavy (non-hydrogen) atoms. The van der Waals surface area contributed by atoms with Gasteiger partial charge < -0.3 is 14.7 Å². The number of aryl methyl sites for hydroxylation is 3. The molecule has 5 heteroatoms. The number of ether oxygens (including phenoxy) is 1. The second-order valence-corrected chi connectivity index (χ2v) is 6.90. The average molecular weight is 393 g/mol. The van der Waals surface area contributed by atoms with E-state index in [0.717, 1.165) is 52.2 Å². The molecule has 0 radical (unpaired) electrons. The minimum Gasteiger partial charge on any atom is -0.502 e. The number of hydrogen-bond donors (Lipinski definition) is 1. The molecule has 1 aromatic carbocycles. The third-order valence-electron chi connectivity index (χ3n) is 3.91. The number of nitrogens with zero attached hydrogens (tertiary/aromatic N) is 2. The van der Waals surface area contributed by atoms with Crippen LogP contribution in [0.1, 0.15) is 37.1 Å². The number of aromatic hydroxyl groups is 1. The number of hydrogen-bond acceptors (Lipinski definition) is 4. The number of pyridine rings is 1. The molecule has 1 N–H and O–H groups in total. The van der Waals surface area contributed by atoms with Crippen LogP contribution in [0.15, 0.2) is 22.7 Å². The van der Waals surface area contributed by atoms with Gasteiger partial charge in [0.05, 0.1) is 5.69 Å². The Labute approximate surface area is 152 Å². The van der Waals surface area contributed by atoms with Crippen LogP contribution in [0.2, 0.25) is 0 Å². The van der Waals surface area contributed by atoms with E-state index in [1.165, 1.54) is 0 Å². The number of benzene rings is 1. The first-order chi connectivity index (χ1) is 11.4. The topological polar surface area (TPSA) is 45.6 Å². The lowest BCUT2D eigenvalue weighted by atomic mass is 10.1. The van der Waals surface area contributed by atoms with Crippen LogP contribution in [0.4, 0.5) is 5.69 Å². The minimum atomic E-state index is 0.0950. The summed E-state index contributed by atoms with van der Waals surface area (Å²) < 4.78 is 7.02. The van der Waals surface area contributed by atoms with Gasteiger partial charge in [-0.1, -0.05) is 22.9 Å². The zero-order chi connectivity index (χ0) is 17.9. The molecule has 0 bridgehead atoms. The largest absolute Gasteiger partial charge is 0.502 e. The van der Waals surface area contributed by atoms with Crippen molar-refractivity contribution in [2.24, 2.45) is 0 Å². The van der Waals surface area contributed by atoms with Crippen LogP contribution in [0.3, 0.4) is 0 Å². The molecule has 0 aliphatic carbocycles. The first kappa shape index (κ1) is 18.6. The average Bonchev–Trinajstić information content (AvgIpc) is 2.51. The zero-order valence-corrected chi connectivity index (χ0v) is 16.6. The number of aromatic nitrogens is 1. The molecule has 4 nitrogen and oxygen atoms in total. The van der Waals surface area contributed by atoms with Gasteiger partial charge in [-0.3, -0.25) is 0 Å². The Morgan fingerprint density at radius 1 is 1.12 bits per heavy atom. The van der Waals surface area contributed by atoms with Crippen molar-refractivity contribution in [1.29, 1.82) is 0 Å². The maximum absolute atomic E-state index is 10.7. The third-order valence-corrected chi connectivity index (χ3v) is 4.37. The Bertz CT molecular complexity index is 709. The van der Waals surface area contributed by atoms with Crippen LogP contribution >= 0.6 is 15.9 Å². The van der Waals surface area contributed by atoms with E-state index >= 15 is 0 Å². The van der Waals surface area contributed by atoms with E-state index in [4.69, 9.17) is 4.74 Å². The first-order valence-electron chi connectivity index (χ1n) is 8.27. The number of rotatable bonds is 6. The fourth-order valence-electron chi connectivity index (χ4n) is 2.81. The molecule has 0 saturated heterocycles. The highest BCUT2D eigenvalue weighted by Crippen LogP contribution is 2.40. The van der Waals surface area contributed by atoms with Gasteiger partial charge in [0.15, 0.2) is 0 Å². The van der Waals surface area contributed by atoms with E-state index in [0.29, 0.717) is 0 Å². The minimum absolute atomic E-state index is 0.0950. The molecule has 130 valence electrons. The van der Waals surface area contributed by atoms with Crippen LogP contribution in [0.5, 0.6) is 17.4 Å². The third kappa shape index (κ3) is 4.01. The normalized spacial score (nSPS) is 10.8. The Hall–Kier alpha value is -1.75. The van der Waals surface area contributed by atoms with Gasteiger partial charge in [0.2, 0.25) is 5.75 Å². The molecule has 0 aliphatic rings. The summed E-state index contributed by atoms with van der Waals surface area (Å²) in [6, 6.07) is 5.89. The van der Waals surface area contributed by atoms with E-state index in [1.54, 1.807) is 0 Å². The van der Waals surface area contributed by atoms with Gasteiger partial charge in [0, 0.05) is 23.3 Å². The van der Waals surface area contributed by atoms with Crippen LogP contribution < -0.4 is 9.64 Å². The molecule has 0 saturated carbocycles. The molecule has 1 heterocycles. The van der Waals surface area contributed by atoms with Crippen LogP contribution in [0.25, 0.3) is 0 Å². The van der Waals surface area contributed by atoms with Crippen LogP contribution in [0, 0.1) is 20.8 Å². The lowest BCUT2D eigenvalue weighted by Crippen LogP contribution is -2.23. The molecule has 0 unspecified atom stereocenters. The smallest absolute Gasteiger partial charge is 0.264 e. The zero-order valence-electron chi connectivity index (χ0n) is 15.0. The highest BCUT2D eigenvalue weighted by atomic mass is 79.9. The van der Waals surface area contributed by atoms with E-state index < -0.39 is 0 Å². The van der Waals surface area contributed by atoms with E-state index in [9.17, 15) is 5.11 Å². The summed E-state index contributed by atoms with van der Waals surface area (Å²) in [5, 5.41) is 10.7. The Morgan fingerprint density at radius 2 is 1.75 bits per heavy atom. The predicted molar refractivity (Wildman–Crippen MR) is 103 cm³/mol. The quantitative estimate of drug-likeness (QED) is 0.704. The molecular weight excluding hydrogens is 368 g/mol. The second-order valence-electron chi connectivity index (χ2n) is 5.99. The summed E-state index contributed by atoms with van der Waals surface area (Å²) in [4.78, 5) is 6.54. The van der Waals surface area contributed by atoms with Gasteiger partial charge in [0.25, 0.3) is 5.88 Å².